The van der Waals surface area contributed by atoms with Gasteiger partial charge in [-0.25, -0.2) is 0 Å². The standard InChI is InChI=1S/C26H12S6/c1-3-7-13-11(5-1)9-15-17-21(13)27-31-25(17)20-19-23(15)29-32-26(19)18-16(24(20)30-31)10-12-6-2-4-8-14(12)22(18)28-32/h1-10,17,19H. The summed E-state index contributed by atoms with van der Waals surface area (Å²) < 4.78 is 0. The molecule has 0 amide bonds. The molecule has 0 radical (unpaired) electrons. The summed E-state index contributed by atoms with van der Waals surface area (Å²) in [5.41, 5.74) is 6.53. The Morgan fingerprint density at radius 2 is 1.59 bits per heavy atom. The monoisotopic (exact) mass is 516 g/mol. The van der Waals surface area contributed by atoms with Crippen LogP contribution in [-0.4, -0.2) is 9.73 Å². The molecule has 4 heterocycles. The summed E-state index contributed by atoms with van der Waals surface area (Å²) in [5.74, 6) is 1.06. The van der Waals surface area contributed by atoms with E-state index >= 15 is 0 Å². The maximum atomic E-state index is 2.55. The number of benzene rings is 3. The van der Waals surface area contributed by atoms with Crippen molar-refractivity contribution in [3.8, 4) is 0 Å². The third-order valence-electron chi connectivity index (χ3n) is 7.48. The van der Waals surface area contributed by atoms with Crippen LogP contribution in [0.1, 0.15) is 11.1 Å². The van der Waals surface area contributed by atoms with E-state index in [2.05, 4.69) is 104 Å². The molecule has 3 aromatic rings. The fourth-order valence-corrected chi connectivity index (χ4v) is 22.3. The molecule has 4 aliphatic heterocycles. The lowest BCUT2D eigenvalue weighted by Crippen LogP contribution is -2.39. The Balaban J connectivity index is 1.38. The second kappa shape index (κ2) is 5.61. The molecule has 6 heteroatoms. The number of rotatable bonds is 0. The van der Waals surface area contributed by atoms with Crippen LogP contribution in [0.2, 0.25) is 0 Å². The van der Waals surface area contributed by atoms with Gasteiger partial charge in [0, 0.05) is 40.8 Å². The van der Waals surface area contributed by atoms with Crippen molar-refractivity contribution in [2.45, 2.75) is 4.90 Å². The van der Waals surface area contributed by atoms with Gasteiger partial charge in [0.1, 0.15) is 0 Å². The van der Waals surface area contributed by atoms with Crippen molar-refractivity contribution < 1.29 is 0 Å². The number of allylic oxidation sites excluding steroid dienone is 3. The molecule has 10 rings (SSSR count). The summed E-state index contributed by atoms with van der Waals surface area (Å²) in [7, 11) is 9.16. The van der Waals surface area contributed by atoms with Gasteiger partial charge in [0.2, 0.25) is 0 Å². The molecule has 0 aromatic heterocycles. The number of hydrogen-bond acceptors (Lipinski definition) is 4. The van der Waals surface area contributed by atoms with Crippen molar-refractivity contribution in [1.82, 2.24) is 0 Å². The van der Waals surface area contributed by atoms with Crippen molar-refractivity contribution in [3.05, 3.63) is 92.2 Å². The lowest BCUT2D eigenvalue weighted by molar-refractivity contribution is 0.965. The quantitative estimate of drug-likeness (QED) is 0.235. The largest absolute Gasteiger partial charge is 0.0616 e. The van der Waals surface area contributed by atoms with Crippen LogP contribution in [0.4, 0.5) is 0 Å². The first kappa shape index (κ1) is 17.4. The van der Waals surface area contributed by atoms with Crippen LogP contribution in [0, 0.1) is 11.8 Å². The highest BCUT2D eigenvalue weighted by molar-refractivity contribution is 9.19. The highest BCUT2D eigenvalue weighted by Crippen LogP contribution is 2.79. The van der Waals surface area contributed by atoms with Gasteiger partial charge in [-0.1, -0.05) is 109 Å². The first-order valence-corrected chi connectivity index (χ1v) is 18.5. The summed E-state index contributed by atoms with van der Waals surface area (Å²) in [5, 5.41) is 5.78. The zero-order chi connectivity index (χ0) is 20.3. The zero-order valence-electron chi connectivity index (χ0n) is 16.4. The number of hydrogen-bond donors (Lipinski definition) is 0. The van der Waals surface area contributed by atoms with E-state index in [-0.39, 0.29) is 17.1 Å². The van der Waals surface area contributed by atoms with Gasteiger partial charge in [-0.2, -0.15) is 0 Å². The van der Waals surface area contributed by atoms with Crippen LogP contribution in [0.5, 0.6) is 0 Å². The maximum absolute atomic E-state index is 2.55. The minimum atomic E-state index is 0.211. The van der Waals surface area contributed by atoms with Crippen LogP contribution < -0.4 is 10.4 Å². The predicted octanol–water partition coefficient (Wildman–Crippen LogP) is 6.90. The molecule has 0 saturated carbocycles. The number of fused-ring (bicyclic) bond motifs is 4. The van der Waals surface area contributed by atoms with E-state index in [1.807, 2.05) is 0 Å². The highest BCUT2D eigenvalue weighted by Gasteiger charge is 2.56. The van der Waals surface area contributed by atoms with Gasteiger partial charge in [0.15, 0.2) is 0 Å². The third-order valence-corrected chi connectivity index (χ3v) is 20.7. The van der Waals surface area contributed by atoms with Gasteiger partial charge < -0.3 is 0 Å². The van der Waals surface area contributed by atoms with Gasteiger partial charge in [-0.3, -0.25) is 0 Å². The molecule has 0 bridgehead atoms. The topological polar surface area (TPSA) is 0 Å². The average molecular weight is 517 g/mol. The first-order chi connectivity index (χ1) is 15.9. The SMILES string of the molecule is C1=c2ccccc2=C2SS3=C4C5=C(S3)c3cc6ccccc6c6c3C3=S(SC(=C1C24)C53)S6. The van der Waals surface area contributed by atoms with Crippen LogP contribution in [0.15, 0.2) is 75.5 Å². The fraction of sp³-hybridized carbons (Fsp3) is 0.0769. The Morgan fingerprint density at radius 1 is 0.750 bits per heavy atom. The molecule has 4 unspecified atom stereocenters. The van der Waals surface area contributed by atoms with Gasteiger partial charge in [0.05, 0.1) is 5.92 Å². The smallest absolute Gasteiger partial charge is 0.0506 e. The van der Waals surface area contributed by atoms with Crippen LogP contribution in [0.3, 0.4) is 0 Å². The molecular weight excluding hydrogens is 505 g/mol. The molecule has 3 aliphatic carbocycles. The zero-order valence-corrected chi connectivity index (χ0v) is 21.3. The van der Waals surface area contributed by atoms with Crippen molar-refractivity contribution in [1.29, 1.82) is 0 Å². The van der Waals surface area contributed by atoms with Crippen molar-refractivity contribution >= 4 is 96.7 Å². The maximum Gasteiger partial charge on any atom is 0.0506 e. The Bertz CT molecular complexity index is 1830. The first-order valence-electron chi connectivity index (χ1n) is 10.7. The van der Waals surface area contributed by atoms with Gasteiger partial charge in [0.25, 0.3) is 0 Å². The van der Waals surface area contributed by atoms with Gasteiger partial charge in [-0.05, 0) is 50.1 Å². The van der Waals surface area contributed by atoms with Crippen LogP contribution in [0.25, 0.3) is 26.7 Å². The Labute approximate surface area is 204 Å². The lowest BCUT2D eigenvalue weighted by Gasteiger charge is -2.36. The molecule has 0 saturated heterocycles. The van der Waals surface area contributed by atoms with E-state index in [1.165, 1.54) is 21.2 Å². The van der Waals surface area contributed by atoms with E-state index in [4.69, 9.17) is 0 Å². The third kappa shape index (κ3) is 1.78. The van der Waals surface area contributed by atoms with Crippen LogP contribution >= 0.6 is 60.3 Å². The summed E-state index contributed by atoms with van der Waals surface area (Å²) in [6.07, 6.45) is 2.55. The van der Waals surface area contributed by atoms with Crippen molar-refractivity contribution in [3.63, 3.8) is 0 Å². The van der Waals surface area contributed by atoms with E-state index in [1.54, 1.807) is 51.6 Å². The highest BCUT2D eigenvalue weighted by atomic mass is 33.5. The molecule has 7 aliphatic rings. The summed E-state index contributed by atoms with van der Waals surface area (Å²) in [6.45, 7) is 0. The summed E-state index contributed by atoms with van der Waals surface area (Å²) in [6, 6.07) is 20.7. The predicted molar refractivity (Wildman–Crippen MR) is 151 cm³/mol. The minimum absolute atomic E-state index is 0.211. The molecule has 0 N–H and O–H groups in total. The lowest BCUT2D eigenvalue weighted by atomic mass is 9.70. The Morgan fingerprint density at radius 3 is 2.59 bits per heavy atom. The Hall–Kier alpha value is -1.02. The summed E-state index contributed by atoms with van der Waals surface area (Å²) in [4.78, 5) is 10.0. The molecule has 32 heavy (non-hydrogen) atoms. The van der Waals surface area contributed by atoms with Crippen molar-refractivity contribution in [2.24, 2.45) is 11.8 Å². The minimum Gasteiger partial charge on any atom is -0.0616 e. The second-order valence-electron chi connectivity index (χ2n) is 8.90. The van der Waals surface area contributed by atoms with Gasteiger partial charge in [-0.15, -0.1) is 0 Å². The van der Waals surface area contributed by atoms with E-state index in [0.29, 0.717) is 11.8 Å². The van der Waals surface area contributed by atoms with Crippen molar-refractivity contribution in [2.75, 3.05) is 0 Å². The Kier molecular flexibility index (Phi) is 3.06. The molecule has 3 aromatic carbocycles. The van der Waals surface area contributed by atoms with Crippen LogP contribution in [-0.2, 0) is 0 Å². The van der Waals surface area contributed by atoms with E-state index in [0.717, 1.165) is 0 Å². The molecule has 0 spiro atoms. The second-order valence-corrected chi connectivity index (χ2v) is 20.4. The molecular formula is C26H12S6. The normalized spacial score (nSPS) is 31.1. The summed E-state index contributed by atoms with van der Waals surface area (Å²) >= 11 is 0. The fourth-order valence-electron chi connectivity index (χ4n) is 6.24. The molecule has 4 atom stereocenters. The van der Waals surface area contributed by atoms with Gasteiger partial charge >= 0.3 is 0 Å². The average Bonchev–Trinajstić information content (AvgIpc) is 3.56. The van der Waals surface area contributed by atoms with E-state index in [9.17, 15) is 0 Å². The molecule has 152 valence electrons. The van der Waals surface area contributed by atoms with E-state index < -0.39 is 0 Å². The molecule has 0 fully saturated rings. The molecule has 0 nitrogen and oxygen atoms in total.